The molecule has 29 heavy (non-hydrogen) atoms. The zero-order chi connectivity index (χ0) is 21.2. The first-order valence-electron chi connectivity index (χ1n) is 9.16. The Balaban J connectivity index is 1.75. The summed E-state index contributed by atoms with van der Waals surface area (Å²) in [7, 11) is 0. The molecule has 1 saturated carbocycles. The maximum Gasteiger partial charge on any atom is 0.399 e. The van der Waals surface area contributed by atoms with Crippen LogP contribution in [0.4, 0.5) is 13.2 Å². The van der Waals surface area contributed by atoms with Crippen molar-refractivity contribution in [2.24, 2.45) is 5.92 Å². The Kier molecular flexibility index (Phi) is 6.98. The van der Waals surface area contributed by atoms with Gasteiger partial charge in [-0.15, -0.1) is 0 Å². The minimum Gasteiger partial charge on any atom is -0.299 e. The summed E-state index contributed by atoms with van der Waals surface area (Å²) in [6, 6.07) is 8.94. The number of aryl methyl sites for hydroxylation is 1. The Bertz CT molecular complexity index is 933. The fourth-order valence-electron chi connectivity index (χ4n) is 3.06. The van der Waals surface area contributed by atoms with E-state index in [1.165, 1.54) is 24.3 Å². The zero-order valence-corrected chi connectivity index (χ0v) is 17.5. The van der Waals surface area contributed by atoms with Crippen molar-refractivity contribution in [1.82, 2.24) is 0 Å². The van der Waals surface area contributed by atoms with Crippen LogP contribution < -0.4 is 0 Å². The first-order valence-corrected chi connectivity index (χ1v) is 10.3. The van der Waals surface area contributed by atoms with Gasteiger partial charge in [0.1, 0.15) is 5.78 Å². The van der Waals surface area contributed by atoms with Crippen molar-refractivity contribution in [3.63, 3.8) is 0 Å². The summed E-state index contributed by atoms with van der Waals surface area (Å²) >= 11 is 17.9. The third-order valence-corrected chi connectivity index (χ3v) is 5.98. The van der Waals surface area contributed by atoms with Crippen LogP contribution in [0, 0.1) is 5.92 Å². The fraction of sp³-hybridized carbons (Fsp3) is 0.318. The first-order chi connectivity index (χ1) is 13.6. The van der Waals surface area contributed by atoms with Crippen LogP contribution in [0.3, 0.4) is 0 Å². The van der Waals surface area contributed by atoms with Crippen LogP contribution in [0.15, 0.2) is 42.5 Å². The van der Waals surface area contributed by atoms with Gasteiger partial charge in [-0.05, 0) is 54.2 Å². The van der Waals surface area contributed by atoms with Gasteiger partial charge in [-0.3, -0.25) is 4.79 Å². The van der Waals surface area contributed by atoms with E-state index < -0.39 is 12.1 Å². The molecule has 0 heterocycles. The highest BCUT2D eigenvalue weighted by molar-refractivity contribution is 6.42. The zero-order valence-electron chi connectivity index (χ0n) is 15.3. The van der Waals surface area contributed by atoms with Crippen molar-refractivity contribution in [2.75, 3.05) is 0 Å². The quantitative estimate of drug-likeness (QED) is 0.409. The Hall–Kier alpha value is -1.49. The lowest BCUT2D eigenvalue weighted by Crippen LogP contribution is -2.18. The number of benzene rings is 2. The maximum atomic E-state index is 13.5. The van der Waals surface area contributed by atoms with E-state index in [-0.39, 0.29) is 27.3 Å². The number of halogens is 6. The summed E-state index contributed by atoms with van der Waals surface area (Å²) in [5.41, 5.74) is 1.36. The number of carbonyl (C=O) groups excluding carboxylic acids is 1. The Morgan fingerprint density at radius 1 is 1.03 bits per heavy atom. The molecule has 0 N–H and O–H groups in total. The van der Waals surface area contributed by atoms with Gasteiger partial charge in [-0.2, -0.15) is 13.2 Å². The molecule has 3 rings (SSSR count). The van der Waals surface area contributed by atoms with Gasteiger partial charge in [0.2, 0.25) is 0 Å². The van der Waals surface area contributed by atoms with Gasteiger partial charge in [0.15, 0.2) is 0 Å². The van der Waals surface area contributed by atoms with E-state index in [0.717, 1.165) is 24.5 Å². The molecule has 0 radical (unpaired) electrons. The van der Waals surface area contributed by atoms with Crippen LogP contribution in [0.2, 0.25) is 15.1 Å². The fourth-order valence-corrected chi connectivity index (χ4v) is 3.65. The Labute approximate surface area is 182 Å². The highest BCUT2D eigenvalue weighted by Crippen LogP contribution is 2.38. The minimum absolute atomic E-state index is 0.00413. The topological polar surface area (TPSA) is 17.1 Å². The van der Waals surface area contributed by atoms with Crippen molar-refractivity contribution in [3.05, 3.63) is 74.2 Å². The second kappa shape index (κ2) is 9.11. The summed E-state index contributed by atoms with van der Waals surface area (Å²) in [5, 5.41) is 0.705. The third-order valence-electron chi connectivity index (χ3n) is 4.89. The van der Waals surface area contributed by atoms with Gasteiger partial charge < -0.3 is 0 Å². The summed E-state index contributed by atoms with van der Waals surface area (Å²) in [6.07, 6.45) is 0.873. The largest absolute Gasteiger partial charge is 0.399 e. The predicted molar refractivity (Wildman–Crippen MR) is 112 cm³/mol. The molecule has 1 fully saturated rings. The number of ketones is 1. The molecule has 154 valence electrons. The Morgan fingerprint density at radius 2 is 1.76 bits per heavy atom. The van der Waals surface area contributed by atoms with Gasteiger partial charge in [-0.1, -0.05) is 65.2 Å². The standard InChI is InChI=1S/C22H18Cl3F3O/c23-18-9-6-16(12-20(18)25)17(22(26,27)28)8-2-13-1-3-14(19(24)11-13)7-10-21(29)15-4-5-15/h1-3,6,8-9,11-12,15,17H,4-5,7,10H2/b8-2+. The van der Waals surface area contributed by atoms with Gasteiger partial charge in [0, 0.05) is 17.4 Å². The van der Waals surface area contributed by atoms with Crippen molar-refractivity contribution >= 4 is 46.7 Å². The van der Waals surface area contributed by atoms with E-state index >= 15 is 0 Å². The minimum atomic E-state index is -4.49. The highest BCUT2D eigenvalue weighted by Gasteiger charge is 2.39. The molecule has 1 aliphatic carbocycles. The van der Waals surface area contributed by atoms with E-state index in [4.69, 9.17) is 34.8 Å². The first kappa shape index (κ1) is 22.2. The van der Waals surface area contributed by atoms with E-state index in [2.05, 4.69) is 0 Å². The number of hydrogen-bond donors (Lipinski definition) is 0. The van der Waals surface area contributed by atoms with Crippen LogP contribution in [-0.4, -0.2) is 12.0 Å². The molecule has 1 unspecified atom stereocenters. The van der Waals surface area contributed by atoms with Crippen LogP contribution >= 0.6 is 34.8 Å². The molecule has 0 bridgehead atoms. The second-order valence-electron chi connectivity index (χ2n) is 7.14. The molecule has 7 heteroatoms. The average Bonchev–Trinajstić information content (AvgIpc) is 3.48. The molecule has 1 atom stereocenters. The van der Waals surface area contributed by atoms with E-state index in [9.17, 15) is 18.0 Å². The smallest absolute Gasteiger partial charge is 0.299 e. The average molecular weight is 462 g/mol. The molecule has 2 aromatic carbocycles. The highest BCUT2D eigenvalue weighted by atomic mass is 35.5. The van der Waals surface area contributed by atoms with Crippen LogP contribution in [0.5, 0.6) is 0 Å². The van der Waals surface area contributed by atoms with Crippen LogP contribution in [0.25, 0.3) is 6.08 Å². The van der Waals surface area contributed by atoms with Gasteiger partial charge in [-0.25, -0.2) is 0 Å². The molecule has 2 aromatic rings. The lowest BCUT2D eigenvalue weighted by molar-refractivity contribution is -0.139. The molecular formula is C22H18Cl3F3O. The SMILES string of the molecule is O=C(CCc1ccc(/C=C/C(c2ccc(Cl)c(Cl)c2)C(F)(F)F)cc1Cl)C1CC1. The second-order valence-corrected chi connectivity index (χ2v) is 8.36. The summed E-state index contributed by atoms with van der Waals surface area (Å²) in [6.45, 7) is 0. The summed E-state index contributed by atoms with van der Waals surface area (Å²) in [5.74, 6) is -1.37. The van der Waals surface area contributed by atoms with Crippen molar-refractivity contribution < 1.29 is 18.0 Å². The monoisotopic (exact) mass is 460 g/mol. The summed E-state index contributed by atoms with van der Waals surface area (Å²) < 4.78 is 40.6. The maximum absolute atomic E-state index is 13.5. The molecule has 0 aliphatic heterocycles. The van der Waals surface area contributed by atoms with Crippen LogP contribution in [-0.2, 0) is 11.2 Å². The van der Waals surface area contributed by atoms with E-state index in [1.54, 1.807) is 18.2 Å². The Morgan fingerprint density at radius 3 is 2.34 bits per heavy atom. The number of Topliss-reactive ketones (excluding diaryl/α,β-unsaturated/α-hetero) is 1. The molecule has 0 saturated heterocycles. The lowest BCUT2D eigenvalue weighted by Gasteiger charge is -2.18. The number of carbonyl (C=O) groups is 1. The lowest BCUT2D eigenvalue weighted by atomic mass is 9.96. The molecule has 0 aromatic heterocycles. The van der Waals surface area contributed by atoms with Crippen LogP contribution in [0.1, 0.15) is 41.9 Å². The molecule has 1 nitrogen and oxygen atoms in total. The normalized spacial score (nSPS) is 15.7. The van der Waals surface area contributed by atoms with E-state index in [0.29, 0.717) is 23.4 Å². The number of rotatable bonds is 7. The molecule has 0 spiro atoms. The van der Waals surface area contributed by atoms with Crippen molar-refractivity contribution in [1.29, 1.82) is 0 Å². The number of allylic oxidation sites excluding steroid dienone is 1. The number of alkyl halides is 3. The van der Waals surface area contributed by atoms with Gasteiger partial charge in [0.05, 0.1) is 16.0 Å². The third kappa shape index (κ3) is 6.00. The molecular weight excluding hydrogens is 444 g/mol. The van der Waals surface area contributed by atoms with E-state index in [1.807, 2.05) is 0 Å². The number of hydrogen-bond acceptors (Lipinski definition) is 1. The van der Waals surface area contributed by atoms with Crippen molar-refractivity contribution in [2.45, 2.75) is 37.8 Å². The van der Waals surface area contributed by atoms with Gasteiger partial charge in [0.25, 0.3) is 0 Å². The van der Waals surface area contributed by atoms with Gasteiger partial charge >= 0.3 is 6.18 Å². The molecule has 1 aliphatic rings. The summed E-state index contributed by atoms with van der Waals surface area (Å²) in [4.78, 5) is 11.8. The van der Waals surface area contributed by atoms with Crippen molar-refractivity contribution in [3.8, 4) is 0 Å². The predicted octanol–water partition coefficient (Wildman–Crippen LogP) is 7.92. The molecule has 0 amide bonds.